The Labute approximate surface area is 159 Å². The highest BCUT2D eigenvalue weighted by molar-refractivity contribution is 7.80. The van der Waals surface area contributed by atoms with E-state index in [1.54, 1.807) is 30.2 Å². The predicted molar refractivity (Wildman–Crippen MR) is 103 cm³/mol. The number of hydrogen-bond acceptors (Lipinski definition) is 6. The average Bonchev–Trinajstić information content (AvgIpc) is 3.32. The smallest absolute Gasteiger partial charge is 0.257 e. The molecule has 0 aliphatic rings. The fourth-order valence-electron chi connectivity index (χ4n) is 2.19. The highest BCUT2D eigenvalue weighted by Gasteiger charge is 2.17. The maximum atomic E-state index is 13.8. The molecule has 136 valence electrons. The van der Waals surface area contributed by atoms with Crippen LogP contribution in [0.5, 0.6) is 0 Å². The monoisotopic (exact) mass is 392 g/mol. The van der Waals surface area contributed by atoms with Gasteiger partial charge in [0.1, 0.15) is 5.82 Å². The Morgan fingerprint density at radius 2 is 2.15 bits per heavy atom. The first-order chi connectivity index (χ1) is 12.7. The van der Waals surface area contributed by atoms with E-state index < -0.39 is 0 Å². The highest BCUT2D eigenvalue weighted by atomic mass is 32.1. The maximum absolute atomic E-state index is 13.8. The molecule has 0 saturated carbocycles. The SMILES string of the molecule is COCCN(Cc1nnc(-c2cccs2)o1)C(=S)Nc1ccccc1F. The van der Waals surface area contributed by atoms with Crippen LogP contribution in [-0.4, -0.2) is 40.5 Å². The summed E-state index contributed by atoms with van der Waals surface area (Å²) in [5.74, 6) is 0.510. The standard InChI is InChI=1S/C17H17FN4O2S2/c1-23-9-8-22(17(25)19-13-6-3-2-5-12(13)18)11-15-20-21-16(24-15)14-7-4-10-26-14/h2-7,10H,8-9,11H2,1H3,(H,19,25). The molecule has 0 aliphatic heterocycles. The number of rotatable bonds is 7. The lowest BCUT2D eigenvalue weighted by Crippen LogP contribution is -2.37. The lowest BCUT2D eigenvalue weighted by molar-refractivity contribution is 0.172. The Morgan fingerprint density at radius 1 is 1.31 bits per heavy atom. The number of aromatic nitrogens is 2. The van der Waals surface area contributed by atoms with Crippen molar-refractivity contribution in [1.29, 1.82) is 0 Å². The van der Waals surface area contributed by atoms with Crippen molar-refractivity contribution in [2.24, 2.45) is 0 Å². The fourth-order valence-corrected chi connectivity index (χ4v) is 3.10. The van der Waals surface area contributed by atoms with E-state index in [0.29, 0.717) is 42.3 Å². The second-order valence-corrected chi connectivity index (χ2v) is 6.64. The highest BCUT2D eigenvalue weighted by Crippen LogP contribution is 2.23. The van der Waals surface area contributed by atoms with Gasteiger partial charge >= 0.3 is 0 Å². The van der Waals surface area contributed by atoms with Crippen LogP contribution in [0.3, 0.4) is 0 Å². The Morgan fingerprint density at radius 3 is 2.88 bits per heavy atom. The Balaban J connectivity index is 1.71. The van der Waals surface area contributed by atoms with Crippen molar-refractivity contribution in [3.63, 3.8) is 0 Å². The molecule has 0 fully saturated rings. The Bertz CT molecular complexity index is 854. The minimum absolute atomic E-state index is 0.294. The molecule has 1 aromatic carbocycles. The zero-order chi connectivity index (χ0) is 18.4. The van der Waals surface area contributed by atoms with Crippen molar-refractivity contribution in [3.05, 3.63) is 53.5 Å². The largest absolute Gasteiger partial charge is 0.418 e. The van der Waals surface area contributed by atoms with E-state index in [1.807, 2.05) is 17.5 Å². The van der Waals surface area contributed by atoms with Crippen LogP contribution in [0.15, 0.2) is 46.2 Å². The lowest BCUT2D eigenvalue weighted by Gasteiger charge is -2.24. The minimum atomic E-state index is -0.376. The average molecular weight is 392 g/mol. The van der Waals surface area contributed by atoms with Crippen LogP contribution in [0.2, 0.25) is 0 Å². The molecule has 2 aromatic heterocycles. The van der Waals surface area contributed by atoms with Gasteiger partial charge < -0.3 is 19.4 Å². The van der Waals surface area contributed by atoms with Crippen LogP contribution in [0.4, 0.5) is 10.1 Å². The number of methoxy groups -OCH3 is 1. The number of thiophene rings is 1. The van der Waals surface area contributed by atoms with Crippen molar-refractivity contribution in [2.45, 2.75) is 6.54 Å². The van der Waals surface area contributed by atoms with Gasteiger partial charge in [-0.15, -0.1) is 21.5 Å². The third kappa shape index (κ3) is 4.63. The molecule has 0 atom stereocenters. The van der Waals surface area contributed by atoms with Gasteiger partial charge in [0.05, 0.1) is 23.7 Å². The molecule has 0 saturated heterocycles. The number of halogens is 1. The van der Waals surface area contributed by atoms with Gasteiger partial charge in [-0.05, 0) is 35.8 Å². The first kappa shape index (κ1) is 18.4. The summed E-state index contributed by atoms with van der Waals surface area (Å²) in [7, 11) is 1.60. The molecule has 2 heterocycles. The number of hydrogen-bond donors (Lipinski definition) is 1. The van der Waals surface area contributed by atoms with Crippen molar-refractivity contribution in [1.82, 2.24) is 15.1 Å². The van der Waals surface area contributed by atoms with Crippen molar-refractivity contribution >= 4 is 34.4 Å². The number of nitrogens with zero attached hydrogens (tertiary/aromatic N) is 3. The molecule has 26 heavy (non-hydrogen) atoms. The van der Waals surface area contributed by atoms with Gasteiger partial charge in [0.25, 0.3) is 5.89 Å². The van der Waals surface area contributed by atoms with Gasteiger partial charge in [-0.1, -0.05) is 18.2 Å². The van der Waals surface area contributed by atoms with E-state index in [2.05, 4.69) is 15.5 Å². The molecule has 0 amide bonds. The number of para-hydroxylation sites is 1. The van der Waals surface area contributed by atoms with E-state index in [1.165, 1.54) is 17.4 Å². The number of ether oxygens (including phenoxy) is 1. The lowest BCUT2D eigenvalue weighted by atomic mass is 10.3. The molecule has 3 aromatic rings. The van der Waals surface area contributed by atoms with Gasteiger partial charge in [0, 0.05) is 13.7 Å². The van der Waals surface area contributed by atoms with E-state index in [4.69, 9.17) is 21.4 Å². The third-order valence-electron chi connectivity index (χ3n) is 3.49. The van der Waals surface area contributed by atoms with Crippen LogP contribution in [0.1, 0.15) is 5.89 Å². The van der Waals surface area contributed by atoms with Crippen LogP contribution >= 0.6 is 23.6 Å². The summed E-state index contributed by atoms with van der Waals surface area (Å²) in [6, 6.07) is 10.2. The van der Waals surface area contributed by atoms with Crippen LogP contribution in [0.25, 0.3) is 10.8 Å². The quantitative estimate of drug-likeness (QED) is 0.614. The van der Waals surface area contributed by atoms with Crippen LogP contribution < -0.4 is 5.32 Å². The molecule has 3 rings (SSSR count). The van der Waals surface area contributed by atoms with Crippen molar-refractivity contribution < 1.29 is 13.5 Å². The van der Waals surface area contributed by atoms with Gasteiger partial charge in [0.15, 0.2) is 5.11 Å². The van der Waals surface area contributed by atoms with E-state index in [9.17, 15) is 4.39 Å². The maximum Gasteiger partial charge on any atom is 0.257 e. The van der Waals surface area contributed by atoms with Gasteiger partial charge in [-0.25, -0.2) is 4.39 Å². The molecule has 1 N–H and O–H groups in total. The predicted octanol–water partition coefficient (Wildman–Crippen LogP) is 3.78. The first-order valence-electron chi connectivity index (χ1n) is 7.83. The summed E-state index contributed by atoms with van der Waals surface area (Å²) in [6.45, 7) is 1.24. The number of benzene rings is 1. The topological polar surface area (TPSA) is 63.4 Å². The third-order valence-corrected chi connectivity index (χ3v) is 4.71. The molecular formula is C17H17FN4O2S2. The normalized spacial score (nSPS) is 10.7. The van der Waals surface area contributed by atoms with Crippen LogP contribution in [-0.2, 0) is 11.3 Å². The first-order valence-corrected chi connectivity index (χ1v) is 9.12. The van der Waals surface area contributed by atoms with Gasteiger partial charge in [-0.2, -0.15) is 0 Å². The van der Waals surface area contributed by atoms with Crippen molar-refractivity contribution in [3.8, 4) is 10.8 Å². The molecule has 0 radical (unpaired) electrons. The second-order valence-electron chi connectivity index (χ2n) is 5.30. The number of anilines is 1. The number of thiocarbonyl (C=S) groups is 1. The van der Waals surface area contributed by atoms with E-state index in [0.717, 1.165) is 4.88 Å². The second kappa shape index (κ2) is 8.84. The molecule has 6 nitrogen and oxygen atoms in total. The zero-order valence-corrected chi connectivity index (χ0v) is 15.6. The summed E-state index contributed by atoms with van der Waals surface area (Å²) in [5.41, 5.74) is 0.310. The number of nitrogens with one attached hydrogen (secondary N) is 1. The molecule has 0 aliphatic carbocycles. The zero-order valence-electron chi connectivity index (χ0n) is 14.0. The summed E-state index contributed by atoms with van der Waals surface area (Å²) in [6.07, 6.45) is 0. The summed E-state index contributed by atoms with van der Waals surface area (Å²) >= 11 is 6.94. The molecule has 0 bridgehead atoms. The Hall–Kier alpha value is -2.36. The summed E-state index contributed by atoms with van der Waals surface area (Å²) < 4.78 is 24.7. The van der Waals surface area contributed by atoms with E-state index in [-0.39, 0.29) is 5.82 Å². The molecule has 0 unspecified atom stereocenters. The molecular weight excluding hydrogens is 375 g/mol. The van der Waals surface area contributed by atoms with Gasteiger partial charge in [0.2, 0.25) is 5.89 Å². The van der Waals surface area contributed by atoms with Crippen molar-refractivity contribution in [2.75, 3.05) is 25.6 Å². The Kier molecular flexibility index (Phi) is 6.26. The summed E-state index contributed by atoms with van der Waals surface area (Å²) in [5, 5.41) is 13.3. The van der Waals surface area contributed by atoms with E-state index >= 15 is 0 Å². The van der Waals surface area contributed by atoms with Crippen LogP contribution in [0, 0.1) is 5.82 Å². The minimum Gasteiger partial charge on any atom is -0.418 e. The summed E-state index contributed by atoms with van der Waals surface area (Å²) in [4.78, 5) is 2.69. The molecule has 9 heteroatoms. The fraction of sp³-hybridized carbons (Fsp3) is 0.235. The van der Waals surface area contributed by atoms with Gasteiger partial charge in [-0.3, -0.25) is 0 Å². The molecule has 0 spiro atoms.